The molecule has 0 spiro atoms. The minimum Gasteiger partial charge on any atom is -0.445 e. The van der Waals surface area contributed by atoms with Crippen molar-refractivity contribution in [3.63, 3.8) is 0 Å². The smallest absolute Gasteiger partial charge is 0.408 e. The molecule has 21 heteroatoms. The van der Waals surface area contributed by atoms with Crippen LogP contribution in [0.2, 0.25) is 0 Å². The van der Waals surface area contributed by atoms with Crippen LogP contribution >= 0.6 is 0 Å². The number of carbonyl (C=O) groups excluding carboxylic acids is 4. The number of hydrogen-bond acceptors (Lipinski definition) is 17. The zero-order chi connectivity index (χ0) is 54.0. The molecule has 1 aliphatic carbocycles. The van der Waals surface area contributed by atoms with E-state index in [9.17, 15) is 39.6 Å². The Labute approximate surface area is 442 Å². The van der Waals surface area contributed by atoms with Crippen LogP contribution in [0.1, 0.15) is 69.6 Å². The standard InChI is InChI=1S/C55H72N4O17/c1-4-15-38-23-25-40(59-55(67)70-32-36-20-13-8-14-21-36)51(72-38)74-46-33(3)28-41(57-49(64)42(61)26-27-56-53(65)68-30-34-16-9-6-10-17-34)44(62)48(46)76-52-45(63)47(43(29-60)73-52)75-50-39(24-22-37(5-2)71-50)58-54(66)69-31-35-18-11-7-12-19-35/h6-14,16-25,33,37-48,50-52,60-63H,4-5,15,26-32H2,1-3H3,(H,56,65)(H,57,64)(H,58,66)(H,59,67). The third-order valence-electron chi connectivity index (χ3n) is 13.4. The summed E-state index contributed by atoms with van der Waals surface area (Å²) in [5.74, 6) is -1.41. The molecular formula is C55H72N4O17. The largest absolute Gasteiger partial charge is 0.445 e. The van der Waals surface area contributed by atoms with Gasteiger partial charge in [-0.15, -0.1) is 0 Å². The van der Waals surface area contributed by atoms with E-state index in [1.54, 1.807) is 37.3 Å². The Hall–Kier alpha value is -5.98. The average Bonchev–Trinajstić information content (AvgIpc) is 3.74. The van der Waals surface area contributed by atoms with Crippen molar-refractivity contribution in [1.29, 1.82) is 0 Å². The maximum atomic E-state index is 13.6. The van der Waals surface area contributed by atoms with E-state index in [1.165, 1.54) is 0 Å². The molecule has 3 aliphatic heterocycles. The summed E-state index contributed by atoms with van der Waals surface area (Å²) >= 11 is 0. The first-order valence-corrected chi connectivity index (χ1v) is 26.0. The molecule has 4 amide bonds. The Kier molecular flexibility index (Phi) is 22.0. The summed E-state index contributed by atoms with van der Waals surface area (Å²) in [5.41, 5.74) is 2.32. The van der Waals surface area contributed by atoms with Gasteiger partial charge in [-0.05, 0) is 48.3 Å². The molecule has 0 radical (unpaired) electrons. The second kappa shape index (κ2) is 29.0. The van der Waals surface area contributed by atoms with Crippen molar-refractivity contribution < 1.29 is 82.2 Å². The molecule has 16 atom stereocenters. The van der Waals surface area contributed by atoms with Crippen molar-refractivity contribution in [2.24, 2.45) is 5.92 Å². The Bertz CT molecular complexity index is 2330. The molecule has 76 heavy (non-hydrogen) atoms. The molecular weight excluding hydrogens is 989 g/mol. The second-order valence-electron chi connectivity index (χ2n) is 19.1. The number of carbonyl (C=O) groups is 4. The third kappa shape index (κ3) is 16.5. The maximum absolute atomic E-state index is 13.6. The molecule has 1 saturated heterocycles. The Balaban J connectivity index is 1.06. The zero-order valence-electron chi connectivity index (χ0n) is 42.9. The van der Waals surface area contributed by atoms with Crippen LogP contribution in [0, 0.1) is 5.92 Å². The van der Waals surface area contributed by atoms with E-state index < -0.39 is 129 Å². The normalized spacial score (nSPS) is 30.4. The highest BCUT2D eigenvalue weighted by Gasteiger charge is 2.53. The quantitative estimate of drug-likeness (QED) is 0.0489. The number of benzene rings is 3. The van der Waals surface area contributed by atoms with Gasteiger partial charge in [0.05, 0.1) is 31.0 Å². The van der Waals surface area contributed by atoms with Gasteiger partial charge in [-0.2, -0.15) is 0 Å². The number of ether oxygens (including phenoxy) is 9. The number of alkyl carbamates (subject to hydrolysis) is 3. The fourth-order valence-corrected chi connectivity index (χ4v) is 9.25. The Morgan fingerprint density at radius 3 is 1.64 bits per heavy atom. The first kappa shape index (κ1) is 57.7. The predicted molar refractivity (Wildman–Crippen MR) is 271 cm³/mol. The Morgan fingerprint density at radius 2 is 1.12 bits per heavy atom. The zero-order valence-corrected chi connectivity index (χ0v) is 42.9. The molecule has 8 N–H and O–H groups in total. The van der Waals surface area contributed by atoms with Crippen LogP contribution < -0.4 is 21.3 Å². The van der Waals surface area contributed by atoms with E-state index in [0.717, 1.165) is 23.1 Å². The molecule has 3 aromatic rings. The average molecular weight is 1060 g/mol. The molecule has 16 unspecified atom stereocenters. The number of aliphatic hydroxyl groups is 4. The molecule has 4 aliphatic rings. The number of amides is 4. The summed E-state index contributed by atoms with van der Waals surface area (Å²) in [7, 11) is 0. The van der Waals surface area contributed by atoms with E-state index in [0.29, 0.717) is 12.8 Å². The predicted octanol–water partition coefficient (Wildman–Crippen LogP) is 4.15. The van der Waals surface area contributed by atoms with Crippen molar-refractivity contribution in [3.05, 3.63) is 132 Å². The van der Waals surface area contributed by atoms with Gasteiger partial charge in [0.2, 0.25) is 5.91 Å². The topological polar surface area (TPSA) is 280 Å². The van der Waals surface area contributed by atoms with Crippen LogP contribution in [0.5, 0.6) is 0 Å². The van der Waals surface area contributed by atoms with E-state index in [2.05, 4.69) is 21.3 Å². The first-order chi connectivity index (χ1) is 36.8. The van der Waals surface area contributed by atoms with E-state index in [-0.39, 0.29) is 39.2 Å². The van der Waals surface area contributed by atoms with Crippen LogP contribution in [0.4, 0.5) is 14.4 Å². The van der Waals surface area contributed by atoms with Gasteiger partial charge >= 0.3 is 18.3 Å². The van der Waals surface area contributed by atoms with Gasteiger partial charge in [0.1, 0.15) is 68.5 Å². The lowest BCUT2D eigenvalue weighted by molar-refractivity contribution is -0.287. The van der Waals surface area contributed by atoms with E-state index >= 15 is 0 Å². The number of rotatable bonds is 23. The molecule has 3 heterocycles. The first-order valence-electron chi connectivity index (χ1n) is 26.0. The second-order valence-corrected chi connectivity index (χ2v) is 19.1. The van der Waals surface area contributed by atoms with Gasteiger partial charge in [-0.3, -0.25) is 4.79 Å². The fraction of sp³-hybridized carbons (Fsp3) is 0.527. The van der Waals surface area contributed by atoms with Crippen LogP contribution in [0.25, 0.3) is 0 Å². The van der Waals surface area contributed by atoms with Gasteiger partial charge in [0.25, 0.3) is 0 Å². The number of aliphatic hydroxyl groups excluding tert-OH is 4. The van der Waals surface area contributed by atoms with Crippen molar-refractivity contribution in [3.8, 4) is 0 Å². The lowest BCUT2D eigenvalue weighted by atomic mass is 9.80. The molecule has 3 aromatic carbocycles. The van der Waals surface area contributed by atoms with Gasteiger partial charge in [-0.1, -0.05) is 142 Å². The fourth-order valence-electron chi connectivity index (χ4n) is 9.25. The summed E-state index contributed by atoms with van der Waals surface area (Å²) < 4.78 is 54.5. The summed E-state index contributed by atoms with van der Waals surface area (Å²) in [5, 5.41) is 56.7. The Morgan fingerprint density at radius 1 is 0.618 bits per heavy atom. The molecule has 7 rings (SSSR count). The highest BCUT2D eigenvalue weighted by molar-refractivity contribution is 5.81. The summed E-state index contributed by atoms with van der Waals surface area (Å²) in [6.07, 6.45) is -8.16. The minimum atomic E-state index is -1.65. The van der Waals surface area contributed by atoms with Gasteiger partial charge in [0, 0.05) is 6.54 Å². The van der Waals surface area contributed by atoms with Gasteiger partial charge in [0.15, 0.2) is 18.9 Å². The SMILES string of the molecule is CCCC1C=CC(NC(=O)OCc2ccccc2)C(OC2C(C)CC(NC(=O)C(O)CCNC(=O)OCc3ccccc3)C(O)C2OC2OC(CO)C(OC3OC(CC)C=CC3NC(=O)OCc3ccccc3)C2O)O1. The van der Waals surface area contributed by atoms with E-state index in [1.807, 2.05) is 98.8 Å². The molecule has 2 fully saturated rings. The number of nitrogens with one attached hydrogen (secondary N) is 4. The molecule has 414 valence electrons. The maximum Gasteiger partial charge on any atom is 0.408 e. The van der Waals surface area contributed by atoms with E-state index in [4.69, 9.17) is 42.6 Å². The summed E-state index contributed by atoms with van der Waals surface area (Å²) in [6.45, 7) is 4.93. The third-order valence-corrected chi connectivity index (χ3v) is 13.4. The van der Waals surface area contributed by atoms with Crippen LogP contribution in [-0.2, 0) is 67.2 Å². The highest BCUT2D eigenvalue weighted by atomic mass is 16.8. The monoisotopic (exact) mass is 1060 g/mol. The van der Waals surface area contributed by atoms with Crippen molar-refractivity contribution in [1.82, 2.24) is 21.3 Å². The van der Waals surface area contributed by atoms with Crippen molar-refractivity contribution >= 4 is 24.2 Å². The van der Waals surface area contributed by atoms with Crippen LogP contribution in [0.3, 0.4) is 0 Å². The van der Waals surface area contributed by atoms with Crippen molar-refractivity contribution in [2.75, 3.05) is 13.2 Å². The lowest BCUT2D eigenvalue weighted by Crippen LogP contribution is -2.63. The minimum absolute atomic E-state index is 0.000193. The lowest BCUT2D eigenvalue weighted by Gasteiger charge is -2.46. The van der Waals surface area contributed by atoms with Gasteiger partial charge in [-0.25, -0.2) is 14.4 Å². The summed E-state index contributed by atoms with van der Waals surface area (Å²) in [4.78, 5) is 52.2. The molecule has 0 aromatic heterocycles. The molecule has 21 nitrogen and oxygen atoms in total. The van der Waals surface area contributed by atoms with Crippen molar-refractivity contribution in [2.45, 2.75) is 165 Å². The van der Waals surface area contributed by atoms with Gasteiger partial charge < -0.3 is 84.3 Å². The highest BCUT2D eigenvalue weighted by Crippen LogP contribution is 2.37. The summed E-state index contributed by atoms with van der Waals surface area (Å²) in [6, 6.07) is 24.4. The number of hydrogen-bond donors (Lipinski definition) is 8. The molecule has 0 bridgehead atoms. The molecule has 1 saturated carbocycles. The van der Waals surface area contributed by atoms with Crippen LogP contribution in [-0.4, -0.2) is 150 Å². The van der Waals surface area contributed by atoms with Crippen LogP contribution in [0.15, 0.2) is 115 Å².